The van der Waals surface area contributed by atoms with Crippen molar-refractivity contribution in [2.24, 2.45) is 4.99 Å². The second kappa shape index (κ2) is 5.83. The minimum Gasteiger partial charge on any atom is -0.476 e. The van der Waals surface area contributed by atoms with Crippen LogP contribution in [0, 0.1) is 5.41 Å². The molecule has 0 atom stereocenters. The van der Waals surface area contributed by atoms with Gasteiger partial charge in [0.25, 0.3) is 0 Å². The average molecular weight is 330 g/mol. The first-order valence-corrected chi connectivity index (χ1v) is 7.75. The van der Waals surface area contributed by atoms with Crippen LogP contribution in [0.25, 0.3) is 5.69 Å². The topological polar surface area (TPSA) is 91.3 Å². The largest absolute Gasteiger partial charge is 0.476 e. The first-order chi connectivity index (χ1) is 12.2. The Labute approximate surface area is 143 Å². The van der Waals surface area contributed by atoms with E-state index in [4.69, 9.17) is 5.41 Å². The van der Waals surface area contributed by atoms with Crippen LogP contribution < -0.4 is 0 Å². The molecule has 0 spiro atoms. The first kappa shape index (κ1) is 15.0. The summed E-state index contributed by atoms with van der Waals surface area (Å²) in [5.74, 6) is -0.836. The number of rotatable bonds is 3. The second-order valence-corrected chi connectivity index (χ2v) is 5.60. The number of para-hydroxylation sites is 1. The maximum Gasteiger partial charge on any atom is 0.356 e. The molecule has 0 radical (unpaired) electrons. The van der Waals surface area contributed by atoms with Gasteiger partial charge in [-0.2, -0.15) is 0 Å². The quantitative estimate of drug-likeness (QED) is 0.723. The molecule has 1 aliphatic rings. The summed E-state index contributed by atoms with van der Waals surface area (Å²) in [6, 6.07) is 17.4. The molecule has 6 heteroatoms. The smallest absolute Gasteiger partial charge is 0.356 e. The predicted octanol–water partition coefficient (Wildman–Crippen LogP) is 2.92. The average Bonchev–Trinajstić information content (AvgIpc) is 2.93. The molecule has 0 saturated heterocycles. The molecule has 0 amide bonds. The highest BCUT2D eigenvalue weighted by molar-refractivity contribution is 6.15. The molecule has 122 valence electrons. The van der Waals surface area contributed by atoms with Gasteiger partial charge in [0.2, 0.25) is 0 Å². The number of hydrogen-bond acceptors (Lipinski definition) is 4. The highest BCUT2D eigenvalue weighted by atomic mass is 16.4. The predicted molar refractivity (Wildman–Crippen MR) is 94.2 cm³/mol. The number of aromatic nitrogens is 2. The zero-order valence-corrected chi connectivity index (χ0v) is 13.2. The van der Waals surface area contributed by atoms with Crippen molar-refractivity contribution in [1.29, 1.82) is 5.41 Å². The summed E-state index contributed by atoms with van der Waals surface area (Å²) in [6.45, 7) is 0.182. The normalized spacial score (nSPS) is 12.6. The number of hydrogen-bond donors (Lipinski definition) is 2. The number of aliphatic imine (C=N–C) groups is 1. The molecule has 0 fully saturated rings. The summed E-state index contributed by atoms with van der Waals surface area (Å²) in [5, 5.41) is 17.1. The molecule has 2 aromatic carbocycles. The Morgan fingerprint density at radius 1 is 1.12 bits per heavy atom. The number of imidazole rings is 1. The molecule has 1 aliphatic heterocycles. The lowest BCUT2D eigenvalue weighted by Gasteiger charge is -2.12. The van der Waals surface area contributed by atoms with Crippen molar-refractivity contribution in [2.75, 3.05) is 0 Å². The Bertz CT molecular complexity index is 1020. The third kappa shape index (κ3) is 2.35. The summed E-state index contributed by atoms with van der Waals surface area (Å²) in [4.78, 5) is 20.4. The molecule has 4 rings (SSSR count). The van der Waals surface area contributed by atoms with Crippen molar-refractivity contribution >= 4 is 17.9 Å². The lowest BCUT2D eigenvalue weighted by atomic mass is 10.0. The lowest BCUT2D eigenvalue weighted by Crippen LogP contribution is -2.09. The third-order valence-electron chi connectivity index (χ3n) is 4.16. The van der Waals surface area contributed by atoms with Crippen LogP contribution in [0.4, 0.5) is 0 Å². The van der Waals surface area contributed by atoms with E-state index in [0.717, 1.165) is 28.7 Å². The van der Waals surface area contributed by atoms with Gasteiger partial charge in [-0.15, -0.1) is 0 Å². The molecule has 0 bridgehead atoms. The molecule has 2 N–H and O–H groups in total. The Balaban J connectivity index is 2.03. The van der Waals surface area contributed by atoms with Crippen molar-refractivity contribution in [2.45, 2.75) is 6.54 Å². The Kier molecular flexibility index (Phi) is 3.50. The molecule has 1 aromatic heterocycles. The van der Waals surface area contributed by atoms with Crippen LogP contribution in [0.2, 0.25) is 0 Å². The highest BCUT2D eigenvalue weighted by Gasteiger charge is 2.26. The highest BCUT2D eigenvalue weighted by Crippen LogP contribution is 2.28. The zero-order valence-electron chi connectivity index (χ0n) is 13.2. The number of benzene rings is 2. The van der Waals surface area contributed by atoms with Gasteiger partial charge in [-0.05, 0) is 6.07 Å². The number of fused-ring (bicyclic) bond motifs is 3. The molecule has 0 unspecified atom stereocenters. The van der Waals surface area contributed by atoms with Crippen molar-refractivity contribution in [3.8, 4) is 5.69 Å². The number of nitrogens with zero attached hydrogens (tertiary/aromatic N) is 3. The van der Waals surface area contributed by atoms with E-state index in [9.17, 15) is 9.90 Å². The van der Waals surface area contributed by atoms with Crippen molar-refractivity contribution in [3.05, 3.63) is 82.9 Å². The van der Waals surface area contributed by atoms with Crippen LogP contribution in [-0.2, 0) is 6.54 Å². The second-order valence-electron chi connectivity index (χ2n) is 5.60. The zero-order chi connectivity index (χ0) is 17.4. The monoisotopic (exact) mass is 330 g/mol. The van der Waals surface area contributed by atoms with E-state index in [2.05, 4.69) is 9.98 Å². The Morgan fingerprint density at radius 2 is 1.84 bits per heavy atom. The molecular formula is C19H14N4O2. The van der Waals surface area contributed by atoms with Crippen LogP contribution >= 0.6 is 0 Å². The molecule has 0 aliphatic carbocycles. The standard InChI is InChI=1S/C19H14N4O2/c20-10-16-22-18(19(24)25)15-11-21-17(12-6-2-1-3-7-12)13-8-4-5-9-14(13)23(15)16/h1-10,20H,11H2,(H,24,25). The number of aromatic carboxylic acids is 1. The number of carbonyl (C=O) groups is 1. The summed E-state index contributed by atoms with van der Waals surface area (Å²) >= 11 is 0. The molecule has 6 nitrogen and oxygen atoms in total. The Morgan fingerprint density at radius 3 is 2.56 bits per heavy atom. The fourth-order valence-electron chi connectivity index (χ4n) is 3.11. The summed E-state index contributed by atoms with van der Waals surface area (Å²) in [5.41, 5.74) is 3.82. The van der Waals surface area contributed by atoms with E-state index in [-0.39, 0.29) is 18.1 Å². The van der Waals surface area contributed by atoms with Crippen LogP contribution in [0.15, 0.2) is 59.6 Å². The van der Waals surface area contributed by atoms with Crippen LogP contribution in [0.5, 0.6) is 0 Å². The molecule has 25 heavy (non-hydrogen) atoms. The van der Waals surface area contributed by atoms with Gasteiger partial charge in [-0.1, -0.05) is 48.5 Å². The summed E-state index contributed by atoms with van der Waals surface area (Å²) in [7, 11) is 0. The van der Waals surface area contributed by atoms with E-state index in [1.807, 2.05) is 54.6 Å². The van der Waals surface area contributed by atoms with E-state index in [0.29, 0.717) is 5.69 Å². The number of nitrogens with one attached hydrogen (secondary N) is 1. The molecule has 2 heterocycles. The van der Waals surface area contributed by atoms with Crippen molar-refractivity contribution in [3.63, 3.8) is 0 Å². The van der Waals surface area contributed by atoms with Gasteiger partial charge in [-0.3, -0.25) is 9.56 Å². The maximum atomic E-state index is 11.6. The Hall–Kier alpha value is -3.54. The fourth-order valence-corrected chi connectivity index (χ4v) is 3.11. The van der Waals surface area contributed by atoms with Crippen LogP contribution in [-0.4, -0.2) is 32.6 Å². The van der Waals surface area contributed by atoms with Gasteiger partial charge < -0.3 is 10.5 Å². The number of carboxylic acids is 1. The summed E-state index contributed by atoms with van der Waals surface area (Å²) < 4.78 is 1.71. The van der Waals surface area contributed by atoms with Gasteiger partial charge in [0.05, 0.1) is 29.9 Å². The molecular weight excluding hydrogens is 316 g/mol. The van der Waals surface area contributed by atoms with E-state index in [1.54, 1.807) is 4.57 Å². The van der Waals surface area contributed by atoms with Gasteiger partial charge >= 0.3 is 5.97 Å². The van der Waals surface area contributed by atoms with E-state index >= 15 is 0 Å². The molecule has 3 aromatic rings. The van der Waals surface area contributed by atoms with Gasteiger partial charge in [0.15, 0.2) is 11.5 Å². The lowest BCUT2D eigenvalue weighted by molar-refractivity contribution is 0.0689. The van der Waals surface area contributed by atoms with Crippen LogP contribution in [0.1, 0.15) is 33.1 Å². The number of carboxylic acid groups (broad SMARTS) is 1. The minimum atomic E-state index is -1.12. The van der Waals surface area contributed by atoms with Gasteiger partial charge in [0.1, 0.15) is 0 Å². The van der Waals surface area contributed by atoms with Crippen molar-refractivity contribution < 1.29 is 9.90 Å². The van der Waals surface area contributed by atoms with E-state index in [1.165, 1.54) is 0 Å². The molecule has 0 saturated carbocycles. The van der Waals surface area contributed by atoms with Crippen LogP contribution in [0.3, 0.4) is 0 Å². The SMILES string of the molecule is N=Cc1nc(C(=O)O)c2n1-c1ccccc1C(c1ccccc1)=NC2. The fraction of sp³-hybridized carbons (Fsp3) is 0.0526. The third-order valence-corrected chi connectivity index (χ3v) is 4.16. The van der Waals surface area contributed by atoms with Gasteiger partial charge in [-0.25, -0.2) is 9.78 Å². The first-order valence-electron chi connectivity index (χ1n) is 7.75. The van der Waals surface area contributed by atoms with E-state index < -0.39 is 5.97 Å². The van der Waals surface area contributed by atoms with Crippen molar-refractivity contribution in [1.82, 2.24) is 9.55 Å². The van der Waals surface area contributed by atoms with Gasteiger partial charge in [0, 0.05) is 11.1 Å². The maximum absolute atomic E-state index is 11.6. The summed E-state index contributed by atoms with van der Waals surface area (Å²) in [6.07, 6.45) is 1.07. The minimum absolute atomic E-state index is 0.0636.